The third kappa shape index (κ3) is 1.67. The van der Waals surface area contributed by atoms with Crippen molar-refractivity contribution in [2.75, 3.05) is 0 Å². The van der Waals surface area contributed by atoms with E-state index in [-0.39, 0.29) is 16.9 Å². The molecule has 0 radical (unpaired) electrons. The Bertz CT molecular complexity index is 642. The molecule has 16 heavy (non-hydrogen) atoms. The Hall–Kier alpha value is -2.17. The third-order valence-electron chi connectivity index (χ3n) is 2.18. The fraction of sp³-hybridized carbons (Fsp3) is 0.0909. The van der Waals surface area contributed by atoms with E-state index in [4.69, 9.17) is 4.42 Å². The van der Waals surface area contributed by atoms with Gasteiger partial charge in [-0.05, 0) is 13.0 Å². The predicted molar refractivity (Wildman–Crippen MR) is 55.7 cm³/mol. The third-order valence-corrected chi connectivity index (χ3v) is 2.18. The van der Waals surface area contributed by atoms with Gasteiger partial charge >= 0.3 is 5.76 Å². The minimum Gasteiger partial charge on any atom is -0.414 e. The summed E-state index contributed by atoms with van der Waals surface area (Å²) in [7, 11) is 0. The number of aromatic nitrogens is 1. The molecule has 1 heterocycles. The van der Waals surface area contributed by atoms with Crippen LogP contribution in [-0.2, 0) is 0 Å². The van der Waals surface area contributed by atoms with Gasteiger partial charge in [0.2, 0.25) is 0 Å². The van der Waals surface area contributed by atoms with Crippen molar-refractivity contribution < 1.29 is 8.81 Å². The fourth-order valence-corrected chi connectivity index (χ4v) is 1.51. The zero-order valence-electron chi connectivity index (χ0n) is 8.41. The van der Waals surface area contributed by atoms with Crippen molar-refractivity contribution in [2.45, 2.75) is 6.92 Å². The van der Waals surface area contributed by atoms with Crippen molar-refractivity contribution in [1.82, 2.24) is 4.98 Å². The zero-order valence-corrected chi connectivity index (χ0v) is 8.41. The second kappa shape index (κ2) is 3.77. The summed E-state index contributed by atoms with van der Waals surface area (Å²) < 4.78 is 18.2. The summed E-state index contributed by atoms with van der Waals surface area (Å²) in [5.74, 6) is -1.29. The maximum absolute atomic E-state index is 13.5. The van der Waals surface area contributed by atoms with E-state index in [2.05, 4.69) is 0 Å². The lowest BCUT2D eigenvalue weighted by atomic mass is 10.1. The minimum atomic E-state index is -0.845. The Morgan fingerprint density at radius 2 is 1.94 bits per heavy atom. The first-order valence-corrected chi connectivity index (χ1v) is 4.58. The molecule has 1 aromatic heterocycles. The molecule has 1 aromatic carbocycles. The van der Waals surface area contributed by atoms with Crippen molar-refractivity contribution in [1.29, 1.82) is 0 Å². The van der Waals surface area contributed by atoms with Crippen LogP contribution in [0.5, 0.6) is 0 Å². The molecule has 0 unspecified atom stereocenters. The molecule has 0 spiro atoms. The van der Waals surface area contributed by atoms with Crippen LogP contribution in [-0.4, -0.2) is 4.98 Å². The topological polar surface area (TPSA) is 63.1 Å². The summed E-state index contributed by atoms with van der Waals surface area (Å²) in [6, 6.07) is 5.80. The summed E-state index contributed by atoms with van der Waals surface area (Å²) >= 11 is 0. The largest absolute Gasteiger partial charge is 0.419 e. The molecule has 0 aliphatic carbocycles. The highest BCUT2D eigenvalue weighted by Crippen LogP contribution is 2.20. The average Bonchev–Trinajstić information content (AvgIpc) is 2.19. The van der Waals surface area contributed by atoms with Crippen LogP contribution >= 0.6 is 0 Å². The molecule has 4 nitrogen and oxygen atoms in total. The SMILES string of the molecule is Cc1oc(=O)[nH]c(=O)c1-c1ccccc1F. The second-order valence-corrected chi connectivity index (χ2v) is 3.25. The Balaban J connectivity index is 2.80. The molecule has 0 aliphatic heterocycles. The van der Waals surface area contributed by atoms with Crippen LogP contribution in [0.1, 0.15) is 5.76 Å². The lowest BCUT2D eigenvalue weighted by Crippen LogP contribution is -2.21. The fourth-order valence-electron chi connectivity index (χ4n) is 1.51. The summed E-state index contributed by atoms with van der Waals surface area (Å²) in [5, 5.41) is 0. The van der Waals surface area contributed by atoms with E-state index in [1.165, 1.54) is 25.1 Å². The Kier molecular flexibility index (Phi) is 2.44. The maximum Gasteiger partial charge on any atom is 0.419 e. The maximum atomic E-state index is 13.5. The molecular formula is C11H8FNO3. The molecule has 0 fully saturated rings. The molecule has 5 heteroatoms. The van der Waals surface area contributed by atoms with Gasteiger partial charge in [0, 0.05) is 5.56 Å². The molecule has 0 saturated carbocycles. The number of hydrogen-bond acceptors (Lipinski definition) is 3. The van der Waals surface area contributed by atoms with Gasteiger partial charge in [0.1, 0.15) is 11.6 Å². The van der Waals surface area contributed by atoms with E-state index >= 15 is 0 Å². The number of nitrogens with one attached hydrogen (secondary N) is 1. The normalized spacial score (nSPS) is 10.4. The highest BCUT2D eigenvalue weighted by molar-refractivity contribution is 5.64. The summed E-state index contributed by atoms with van der Waals surface area (Å²) in [4.78, 5) is 24.4. The molecule has 82 valence electrons. The summed E-state index contributed by atoms with van der Waals surface area (Å²) in [6.45, 7) is 1.44. The number of rotatable bonds is 1. The summed E-state index contributed by atoms with van der Waals surface area (Å²) in [6.07, 6.45) is 0. The Morgan fingerprint density at radius 1 is 1.25 bits per heavy atom. The first kappa shape index (κ1) is 10.4. The van der Waals surface area contributed by atoms with Crippen molar-refractivity contribution in [3.63, 3.8) is 0 Å². The van der Waals surface area contributed by atoms with E-state index < -0.39 is 17.1 Å². The molecular weight excluding hydrogens is 213 g/mol. The first-order chi connectivity index (χ1) is 7.59. The van der Waals surface area contributed by atoms with Crippen LogP contribution in [0.3, 0.4) is 0 Å². The Labute approximate surface area is 89.4 Å². The first-order valence-electron chi connectivity index (χ1n) is 4.58. The van der Waals surface area contributed by atoms with E-state index in [0.29, 0.717) is 0 Å². The molecule has 2 rings (SSSR count). The van der Waals surface area contributed by atoms with Gasteiger partial charge in [-0.2, -0.15) is 0 Å². The lowest BCUT2D eigenvalue weighted by molar-refractivity contribution is 0.453. The Morgan fingerprint density at radius 3 is 2.56 bits per heavy atom. The summed E-state index contributed by atoms with van der Waals surface area (Å²) in [5.41, 5.74) is -0.499. The molecule has 1 N–H and O–H groups in total. The van der Waals surface area contributed by atoms with Gasteiger partial charge in [-0.15, -0.1) is 0 Å². The lowest BCUT2D eigenvalue weighted by Gasteiger charge is -2.03. The van der Waals surface area contributed by atoms with Gasteiger partial charge in [0.25, 0.3) is 5.56 Å². The van der Waals surface area contributed by atoms with Crippen LogP contribution < -0.4 is 11.3 Å². The standard InChI is InChI=1S/C11H8FNO3/c1-6-9(10(14)13-11(15)16-6)7-4-2-3-5-8(7)12/h2-5H,1H3,(H,13,14,15). The van der Waals surface area contributed by atoms with Crippen molar-refractivity contribution in [2.24, 2.45) is 0 Å². The van der Waals surface area contributed by atoms with Crippen LogP contribution in [0, 0.1) is 12.7 Å². The monoisotopic (exact) mass is 221 g/mol. The van der Waals surface area contributed by atoms with Gasteiger partial charge in [-0.25, -0.2) is 9.18 Å². The molecule has 0 bridgehead atoms. The van der Waals surface area contributed by atoms with Gasteiger partial charge in [0.05, 0.1) is 5.56 Å². The van der Waals surface area contributed by atoms with E-state index in [0.717, 1.165) is 0 Å². The van der Waals surface area contributed by atoms with Gasteiger partial charge in [-0.3, -0.25) is 9.78 Å². The minimum absolute atomic E-state index is 0.0395. The number of aryl methyl sites for hydroxylation is 1. The molecule has 0 amide bonds. The van der Waals surface area contributed by atoms with Crippen LogP contribution in [0.2, 0.25) is 0 Å². The molecule has 0 saturated heterocycles. The molecule has 0 atom stereocenters. The van der Waals surface area contributed by atoms with Crippen LogP contribution in [0.15, 0.2) is 38.3 Å². The second-order valence-electron chi connectivity index (χ2n) is 3.25. The highest BCUT2D eigenvalue weighted by Gasteiger charge is 2.13. The number of benzene rings is 1. The molecule has 2 aromatic rings. The highest BCUT2D eigenvalue weighted by atomic mass is 19.1. The van der Waals surface area contributed by atoms with Crippen LogP contribution in [0.4, 0.5) is 4.39 Å². The predicted octanol–water partition coefficient (Wildman–Crippen LogP) is 1.44. The average molecular weight is 221 g/mol. The van der Waals surface area contributed by atoms with Crippen molar-refractivity contribution >= 4 is 0 Å². The van der Waals surface area contributed by atoms with Gasteiger partial charge in [0.15, 0.2) is 0 Å². The van der Waals surface area contributed by atoms with E-state index in [9.17, 15) is 14.0 Å². The van der Waals surface area contributed by atoms with E-state index in [1.807, 2.05) is 4.98 Å². The number of H-pyrrole nitrogens is 1. The smallest absolute Gasteiger partial charge is 0.414 e. The zero-order chi connectivity index (χ0) is 11.7. The van der Waals surface area contributed by atoms with Gasteiger partial charge in [-0.1, -0.05) is 18.2 Å². The van der Waals surface area contributed by atoms with Crippen LogP contribution in [0.25, 0.3) is 11.1 Å². The van der Waals surface area contributed by atoms with Crippen molar-refractivity contribution in [3.8, 4) is 11.1 Å². The number of halogens is 1. The quantitative estimate of drug-likeness (QED) is 0.792. The van der Waals surface area contributed by atoms with E-state index in [1.54, 1.807) is 6.07 Å². The molecule has 0 aliphatic rings. The van der Waals surface area contributed by atoms with Gasteiger partial charge < -0.3 is 4.42 Å². The van der Waals surface area contributed by atoms with Crippen molar-refractivity contribution in [3.05, 3.63) is 56.7 Å². The number of aromatic amines is 1. The number of hydrogen-bond donors (Lipinski definition) is 1.